The lowest BCUT2D eigenvalue weighted by Gasteiger charge is -2.38. The van der Waals surface area contributed by atoms with Crippen molar-refractivity contribution in [1.29, 1.82) is 0 Å². The van der Waals surface area contributed by atoms with Crippen molar-refractivity contribution >= 4 is 17.5 Å². The summed E-state index contributed by atoms with van der Waals surface area (Å²) < 4.78 is 43.3. The Morgan fingerprint density at radius 2 is 2.07 bits per heavy atom. The lowest BCUT2D eigenvalue weighted by atomic mass is 9.99. The van der Waals surface area contributed by atoms with Crippen LogP contribution in [0.15, 0.2) is 23.1 Å². The highest BCUT2D eigenvalue weighted by Crippen LogP contribution is 2.40. The molecule has 0 N–H and O–H groups in total. The lowest BCUT2D eigenvalue weighted by molar-refractivity contribution is -0.145. The van der Waals surface area contributed by atoms with Crippen molar-refractivity contribution in [3.63, 3.8) is 0 Å². The lowest BCUT2D eigenvalue weighted by Crippen LogP contribution is -2.55. The molecule has 2 aliphatic rings. The maximum absolute atomic E-state index is 14.3. The first-order valence-corrected chi connectivity index (χ1v) is 8.75. The van der Waals surface area contributed by atoms with Gasteiger partial charge in [-0.25, -0.2) is 13.9 Å². The summed E-state index contributed by atoms with van der Waals surface area (Å²) in [7, 11) is 0. The quantitative estimate of drug-likeness (QED) is 0.785. The number of carbonyl (C=O) groups excluding carboxylic acids is 1. The topological polar surface area (TPSA) is 73.0 Å². The van der Waals surface area contributed by atoms with Crippen LogP contribution in [-0.2, 0) is 17.3 Å². The zero-order chi connectivity index (χ0) is 19.3. The van der Waals surface area contributed by atoms with Gasteiger partial charge in [-0.1, -0.05) is 11.6 Å². The summed E-state index contributed by atoms with van der Waals surface area (Å²) in [5, 5.41) is 4.17. The number of amides is 1. The van der Waals surface area contributed by atoms with E-state index in [4.69, 9.17) is 11.6 Å². The van der Waals surface area contributed by atoms with Crippen LogP contribution in [-0.4, -0.2) is 49.4 Å². The van der Waals surface area contributed by atoms with Gasteiger partial charge in [0.2, 0.25) is 11.7 Å². The molecule has 0 aromatic carbocycles. The maximum atomic E-state index is 14.3. The third-order valence-corrected chi connectivity index (χ3v) is 5.00. The molecule has 0 saturated carbocycles. The number of carbonyl (C=O) groups is 1. The van der Waals surface area contributed by atoms with Crippen molar-refractivity contribution in [1.82, 2.24) is 24.2 Å². The van der Waals surface area contributed by atoms with E-state index in [1.54, 1.807) is 12.1 Å². The molecule has 2 aromatic rings. The highest BCUT2D eigenvalue weighted by atomic mass is 35.5. The summed E-state index contributed by atoms with van der Waals surface area (Å²) >= 11 is 5.76. The van der Waals surface area contributed by atoms with Gasteiger partial charge in [0.1, 0.15) is 12.2 Å². The number of halogens is 4. The van der Waals surface area contributed by atoms with Crippen LogP contribution in [0.3, 0.4) is 0 Å². The van der Waals surface area contributed by atoms with E-state index in [1.807, 2.05) is 0 Å². The molecule has 7 nitrogen and oxygen atoms in total. The second-order valence-corrected chi connectivity index (χ2v) is 7.14. The van der Waals surface area contributed by atoms with Crippen molar-refractivity contribution < 1.29 is 18.0 Å². The molecular formula is C16H15ClF3N5O2. The van der Waals surface area contributed by atoms with Gasteiger partial charge in [-0.15, -0.1) is 5.10 Å². The predicted octanol–water partition coefficient (Wildman–Crippen LogP) is 1.75. The molecule has 0 aliphatic carbocycles. The number of nitrogens with zero attached hydrogens (tertiary/aromatic N) is 5. The van der Waals surface area contributed by atoms with Crippen LogP contribution in [0.5, 0.6) is 0 Å². The molecule has 0 bridgehead atoms. The average molecular weight is 402 g/mol. The van der Waals surface area contributed by atoms with Crippen LogP contribution in [0.1, 0.15) is 30.4 Å². The molecule has 144 valence electrons. The number of hydrogen-bond donors (Lipinski definition) is 0. The minimum atomic E-state index is -3.33. The Morgan fingerprint density at radius 1 is 1.33 bits per heavy atom. The van der Waals surface area contributed by atoms with Crippen LogP contribution >= 0.6 is 11.6 Å². The average Bonchev–Trinajstić information content (AvgIpc) is 2.92. The van der Waals surface area contributed by atoms with Gasteiger partial charge < -0.3 is 4.90 Å². The minimum absolute atomic E-state index is 0.0847. The summed E-state index contributed by atoms with van der Waals surface area (Å²) in [4.78, 5) is 30.5. The number of aromatic nitrogens is 4. The molecule has 1 amide bonds. The van der Waals surface area contributed by atoms with Gasteiger partial charge in [-0.3, -0.25) is 14.3 Å². The molecule has 2 aromatic heterocycles. The van der Waals surface area contributed by atoms with Crippen molar-refractivity contribution in [2.45, 2.75) is 37.5 Å². The van der Waals surface area contributed by atoms with Crippen LogP contribution in [0.2, 0.25) is 5.02 Å². The third kappa shape index (κ3) is 3.11. The van der Waals surface area contributed by atoms with E-state index in [0.717, 1.165) is 9.25 Å². The van der Waals surface area contributed by atoms with E-state index in [1.165, 1.54) is 11.1 Å². The Labute approximate surface area is 156 Å². The van der Waals surface area contributed by atoms with Gasteiger partial charge in [0, 0.05) is 12.6 Å². The molecule has 11 heteroatoms. The molecule has 0 spiro atoms. The summed E-state index contributed by atoms with van der Waals surface area (Å²) in [5.41, 5.74) is -0.414. The molecule has 1 unspecified atom stereocenters. The number of pyridine rings is 1. The second kappa shape index (κ2) is 6.36. The molecule has 4 rings (SSSR count). The number of rotatable bonds is 3. The van der Waals surface area contributed by atoms with E-state index in [-0.39, 0.29) is 26.1 Å². The van der Waals surface area contributed by atoms with Crippen LogP contribution in [0.25, 0.3) is 0 Å². The van der Waals surface area contributed by atoms with Gasteiger partial charge in [-0.05, 0) is 18.6 Å². The number of hydrogen-bond acceptors (Lipinski definition) is 4. The number of likely N-dealkylation sites (tertiary alicyclic amines) is 1. The smallest absolute Gasteiger partial charge is 0.335 e. The summed E-state index contributed by atoms with van der Waals surface area (Å²) in [6, 6.07) is 2.00. The third-order valence-electron chi connectivity index (χ3n) is 4.78. The van der Waals surface area contributed by atoms with Gasteiger partial charge in [0.05, 0.1) is 30.4 Å². The fourth-order valence-electron chi connectivity index (χ4n) is 3.32. The van der Waals surface area contributed by atoms with Crippen molar-refractivity contribution in [2.24, 2.45) is 0 Å². The number of alkyl halides is 3. The van der Waals surface area contributed by atoms with E-state index in [0.29, 0.717) is 10.7 Å². The summed E-state index contributed by atoms with van der Waals surface area (Å²) in [6.07, 6.45) is -0.562. The molecule has 0 radical (unpaired) electrons. The van der Waals surface area contributed by atoms with E-state index in [9.17, 15) is 22.8 Å². The van der Waals surface area contributed by atoms with Gasteiger partial charge >= 0.3 is 11.6 Å². The minimum Gasteiger partial charge on any atom is -0.335 e. The van der Waals surface area contributed by atoms with Crippen molar-refractivity contribution in [2.75, 3.05) is 13.1 Å². The summed E-state index contributed by atoms with van der Waals surface area (Å²) in [5.74, 6) is -4.61. The monoisotopic (exact) mass is 401 g/mol. The van der Waals surface area contributed by atoms with Crippen LogP contribution in [0.4, 0.5) is 13.2 Å². The predicted molar refractivity (Wildman–Crippen MR) is 88.5 cm³/mol. The fraction of sp³-hybridized carbons (Fsp3) is 0.500. The highest BCUT2D eigenvalue weighted by molar-refractivity contribution is 6.30. The van der Waals surface area contributed by atoms with E-state index < -0.39 is 42.0 Å². The Morgan fingerprint density at radius 3 is 2.70 bits per heavy atom. The molecule has 2 aliphatic heterocycles. The number of fused-ring (bicyclic) bond motifs is 1. The zero-order valence-corrected chi connectivity index (χ0v) is 14.7. The Hall–Kier alpha value is -2.36. The molecule has 1 atom stereocenters. The summed E-state index contributed by atoms with van der Waals surface area (Å²) in [6.45, 7) is -0.305. The standard InChI is InChI=1S/C16H15ClF3N5O2/c17-9-1-2-11(21-5-9)8-24-15(27)25-12(13(26)23-6-10(18)7-23)3-4-16(19,20)14(25)22-24/h1-2,5,10,12H,3-4,6-8H2. The first kappa shape index (κ1) is 18.0. The van der Waals surface area contributed by atoms with Gasteiger partial charge in [0.15, 0.2) is 0 Å². The van der Waals surface area contributed by atoms with Crippen molar-refractivity contribution in [3.8, 4) is 0 Å². The Balaban J connectivity index is 1.70. The Bertz CT molecular complexity index is 937. The SMILES string of the molecule is O=C(C1CCC(F)(F)c2nn(Cc3ccc(Cl)cn3)c(=O)n21)N1CC(F)C1. The maximum Gasteiger partial charge on any atom is 0.347 e. The van der Waals surface area contributed by atoms with Crippen LogP contribution in [0, 0.1) is 0 Å². The molecule has 27 heavy (non-hydrogen) atoms. The normalized spacial score (nSPS) is 21.6. The molecular weight excluding hydrogens is 387 g/mol. The van der Waals surface area contributed by atoms with Gasteiger partial charge in [-0.2, -0.15) is 8.78 Å². The Kier molecular flexibility index (Phi) is 4.25. The largest absolute Gasteiger partial charge is 0.347 e. The highest BCUT2D eigenvalue weighted by Gasteiger charge is 2.48. The molecule has 1 fully saturated rings. The molecule has 4 heterocycles. The van der Waals surface area contributed by atoms with Gasteiger partial charge in [0.25, 0.3) is 0 Å². The zero-order valence-electron chi connectivity index (χ0n) is 14.0. The second-order valence-electron chi connectivity index (χ2n) is 6.70. The van der Waals surface area contributed by atoms with E-state index in [2.05, 4.69) is 10.1 Å². The van der Waals surface area contributed by atoms with Crippen LogP contribution < -0.4 is 5.69 Å². The van der Waals surface area contributed by atoms with E-state index >= 15 is 0 Å². The molecule has 1 saturated heterocycles. The first-order chi connectivity index (χ1) is 12.8. The fourth-order valence-corrected chi connectivity index (χ4v) is 3.43. The van der Waals surface area contributed by atoms with Crippen molar-refractivity contribution in [3.05, 3.63) is 45.4 Å². The first-order valence-electron chi connectivity index (χ1n) is 8.37.